The number of benzene rings is 1. The quantitative estimate of drug-likeness (QED) is 0.773. The third-order valence-corrected chi connectivity index (χ3v) is 3.32. The van der Waals surface area contributed by atoms with E-state index in [9.17, 15) is 9.59 Å². The van der Waals surface area contributed by atoms with Gasteiger partial charge in [-0.2, -0.15) is 0 Å². The van der Waals surface area contributed by atoms with Gasteiger partial charge in [-0.3, -0.25) is 4.79 Å². The summed E-state index contributed by atoms with van der Waals surface area (Å²) >= 11 is 6.39. The molecule has 0 aliphatic carbocycles. The van der Waals surface area contributed by atoms with Gasteiger partial charge in [0.15, 0.2) is 0 Å². The fraction of sp³-hybridized carbons (Fsp3) is 0. The zero-order valence-corrected chi connectivity index (χ0v) is 13.1. The van der Waals surface area contributed by atoms with Crippen LogP contribution >= 0.6 is 31.9 Å². The molecule has 1 aromatic carbocycles. The summed E-state index contributed by atoms with van der Waals surface area (Å²) in [6.45, 7) is 0. The molecule has 0 unspecified atom stereocenters. The number of aromatic nitrogens is 1. The average Bonchev–Trinajstić information content (AvgIpc) is 2.38. The number of nitrogens with one attached hydrogen (secondary N) is 1. The van der Waals surface area contributed by atoms with Crippen LogP contribution in [0.1, 0.15) is 20.7 Å². The Morgan fingerprint density at radius 1 is 1.10 bits per heavy atom. The molecule has 1 aromatic heterocycles. The summed E-state index contributed by atoms with van der Waals surface area (Å²) < 4.78 is 1.20. The van der Waals surface area contributed by atoms with Crippen molar-refractivity contribution in [1.82, 2.24) is 4.98 Å². The maximum absolute atomic E-state index is 12.0. The normalized spacial score (nSPS) is 10.1. The number of hydrogen-bond donors (Lipinski definition) is 2. The van der Waals surface area contributed by atoms with E-state index in [2.05, 4.69) is 42.2 Å². The topological polar surface area (TPSA) is 79.3 Å². The number of amides is 1. The largest absolute Gasteiger partial charge is 0.478 e. The SMILES string of the molecule is O=C(O)c1cc(Br)cc(NC(=O)c2ccc(Br)nc2)c1. The van der Waals surface area contributed by atoms with Crippen LogP contribution < -0.4 is 5.32 Å². The van der Waals surface area contributed by atoms with Gasteiger partial charge < -0.3 is 10.4 Å². The van der Waals surface area contributed by atoms with Gasteiger partial charge in [-0.1, -0.05) is 15.9 Å². The second-order valence-electron chi connectivity index (χ2n) is 3.86. The first-order chi connectivity index (χ1) is 9.45. The standard InChI is InChI=1S/C13H8Br2N2O3/c14-9-3-8(13(19)20)4-10(5-9)17-12(18)7-1-2-11(15)16-6-7/h1-6H,(H,17,18)(H,19,20). The number of anilines is 1. The second-order valence-corrected chi connectivity index (χ2v) is 5.59. The fourth-order valence-corrected chi connectivity index (χ4v) is 2.23. The molecular weight excluding hydrogens is 392 g/mol. The maximum Gasteiger partial charge on any atom is 0.335 e. The number of rotatable bonds is 3. The minimum atomic E-state index is -1.06. The van der Waals surface area contributed by atoms with Crippen LogP contribution in [0.4, 0.5) is 5.69 Å². The summed E-state index contributed by atoms with van der Waals surface area (Å²) in [5.41, 5.74) is 0.860. The Kier molecular flexibility index (Phi) is 4.51. The van der Waals surface area contributed by atoms with Crippen molar-refractivity contribution >= 4 is 49.4 Å². The predicted octanol–water partition coefficient (Wildman–Crippen LogP) is 3.56. The van der Waals surface area contributed by atoms with Crippen molar-refractivity contribution in [2.45, 2.75) is 0 Å². The number of aromatic carboxylic acids is 1. The molecule has 0 radical (unpaired) electrons. The lowest BCUT2D eigenvalue weighted by Crippen LogP contribution is -2.12. The Hall–Kier alpha value is -1.73. The predicted molar refractivity (Wildman–Crippen MR) is 81.0 cm³/mol. The highest BCUT2D eigenvalue weighted by Gasteiger charge is 2.10. The highest BCUT2D eigenvalue weighted by molar-refractivity contribution is 9.10. The van der Waals surface area contributed by atoms with Crippen molar-refractivity contribution in [3.05, 3.63) is 56.7 Å². The molecule has 0 bridgehead atoms. The first kappa shape index (κ1) is 14.7. The molecule has 0 fully saturated rings. The smallest absolute Gasteiger partial charge is 0.335 e. The highest BCUT2D eigenvalue weighted by atomic mass is 79.9. The minimum absolute atomic E-state index is 0.0867. The van der Waals surface area contributed by atoms with E-state index < -0.39 is 5.97 Å². The van der Waals surface area contributed by atoms with Crippen LogP contribution in [0.25, 0.3) is 0 Å². The number of pyridine rings is 1. The molecule has 1 amide bonds. The molecule has 20 heavy (non-hydrogen) atoms. The molecule has 2 rings (SSSR count). The van der Waals surface area contributed by atoms with E-state index in [4.69, 9.17) is 5.11 Å². The van der Waals surface area contributed by atoms with Crippen LogP contribution in [0.15, 0.2) is 45.6 Å². The summed E-state index contributed by atoms with van der Waals surface area (Å²) in [6, 6.07) is 7.73. The molecule has 7 heteroatoms. The monoisotopic (exact) mass is 398 g/mol. The number of nitrogens with zero attached hydrogens (tertiary/aromatic N) is 1. The number of halogens is 2. The summed E-state index contributed by atoms with van der Waals surface area (Å²) in [4.78, 5) is 26.9. The molecule has 0 aliphatic heterocycles. The van der Waals surface area contributed by atoms with Gasteiger partial charge in [0.25, 0.3) is 5.91 Å². The number of carboxylic acid groups (broad SMARTS) is 1. The lowest BCUT2D eigenvalue weighted by molar-refractivity contribution is 0.0696. The van der Waals surface area contributed by atoms with Gasteiger partial charge in [-0.15, -0.1) is 0 Å². The second kappa shape index (κ2) is 6.15. The zero-order chi connectivity index (χ0) is 14.7. The maximum atomic E-state index is 12.0. The van der Waals surface area contributed by atoms with Gasteiger partial charge >= 0.3 is 5.97 Å². The summed E-state index contributed by atoms with van der Waals surface area (Å²) in [6.07, 6.45) is 1.43. The molecule has 0 aliphatic rings. The van der Waals surface area contributed by atoms with Crippen molar-refractivity contribution < 1.29 is 14.7 Å². The highest BCUT2D eigenvalue weighted by Crippen LogP contribution is 2.20. The Morgan fingerprint density at radius 3 is 2.45 bits per heavy atom. The van der Waals surface area contributed by atoms with Crippen molar-refractivity contribution in [1.29, 1.82) is 0 Å². The van der Waals surface area contributed by atoms with Crippen LogP contribution in [0.2, 0.25) is 0 Å². The molecule has 0 saturated carbocycles. The summed E-state index contributed by atoms with van der Waals surface area (Å²) in [7, 11) is 0. The van der Waals surface area contributed by atoms with Gasteiger partial charge in [0.1, 0.15) is 4.60 Å². The Balaban J connectivity index is 2.23. The lowest BCUT2D eigenvalue weighted by Gasteiger charge is -2.07. The van der Waals surface area contributed by atoms with Gasteiger partial charge in [0.2, 0.25) is 0 Å². The Labute approximate surface area is 131 Å². The van der Waals surface area contributed by atoms with Crippen LogP contribution in [0.3, 0.4) is 0 Å². The van der Waals surface area contributed by atoms with Crippen molar-refractivity contribution in [3.8, 4) is 0 Å². The van der Waals surface area contributed by atoms with Crippen LogP contribution in [0.5, 0.6) is 0 Å². The van der Waals surface area contributed by atoms with Crippen molar-refractivity contribution in [2.24, 2.45) is 0 Å². The number of carbonyl (C=O) groups excluding carboxylic acids is 1. The van der Waals surface area contributed by atoms with Gasteiger partial charge in [0.05, 0.1) is 11.1 Å². The van der Waals surface area contributed by atoms with E-state index in [1.807, 2.05) is 0 Å². The van der Waals surface area contributed by atoms with Crippen LogP contribution in [-0.2, 0) is 0 Å². The van der Waals surface area contributed by atoms with Crippen molar-refractivity contribution in [3.63, 3.8) is 0 Å². The molecule has 0 atom stereocenters. The molecule has 102 valence electrons. The molecule has 2 N–H and O–H groups in total. The Morgan fingerprint density at radius 2 is 1.85 bits per heavy atom. The van der Waals surface area contributed by atoms with E-state index in [-0.39, 0.29) is 11.5 Å². The number of hydrogen-bond acceptors (Lipinski definition) is 3. The van der Waals surface area contributed by atoms with Crippen LogP contribution in [-0.4, -0.2) is 22.0 Å². The third-order valence-electron chi connectivity index (χ3n) is 2.39. The van der Waals surface area contributed by atoms with Gasteiger partial charge in [-0.25, -0.2) is 9.78 Å². The molecule has 0 saturated heterocycles. The summed E-state index contributed by atoms with van der Waals surface area (Å²) in [5.74, 6) is -1.42. The number of carbonyl (C=O) groups is 2. The molecular formula is C13H8Br2N2O3. The molecule has 0 spiro atoms. The summed E-state index contributed by atoms with van der Waals surface area (Å²) in [5, 5.41) is 11.6. The van der Waals surface area contributed by atoms with E-state index in [1.54, 1.807) is 18.2 Å². The van der Waals surface area contributed by atoms with Crippen LogP contribution in [0, 0.1) is 0 Å². The molecule has 5 nitrogen and oxygen atoms in total. The van der Waals surface area contributed by atoms with E-state index in [0.29, 0.717) is 20.3 Å². The van der Waals surface area contributed by atoms with Gasteiger partial charge in [0, 0.05) is 16.4 Å². The minimum Gasteiger partial charge on any atom is -0.478 e. The average molecular weight is 400 g/mol. The first-order valence-electron chi connectivity index (χ1n) is 5.42. The third kappa shape index (κ3) is 3.64. The first-order valence-corrected chi connectivity index (χ1v) is 7.01. The molecule has 2 aromatic rings. The fourth-order valence-electron chi connectivity index (χ4n) is 1.50. The Bertz CT molecular complexity index is 672. The zero-order valence-electron chi connectivity index (χ0n) is 9.93. The molecule has 1 heterocycles. The van der Waals surface area contributed by atoms with Gasteiger partial charge in [-0.05, 0) is 46.3 Å². The van der Waals surface area contributed by atoms with E-state index in [0.717, 1.165) is 0 Å². The van der Waals surface area contributed by atoms with Crippen molar-refractivity contribution in [2.75, 3.05) is 5.32 Å². The number of carboxylic acids is 1. The van der Waals surface area contributed by atoms with E-state index in [1.165, 1.54) is 18.3 Å². The lowest BCUT2D eigenvalue weighted by atomic mass is 10.2. The van der Waals surface area contributed by atoms with E-state index >= 15 is 0 Å².